The maximum Gasteiger partial charge on any atom is 0.226 e. The molecule has 19 heavy (non-hydrogen) atoms. The van der Waals surface area contributed by atoms with Crippen LogP contribution in [0.1, 0.15) is 38.5 Å². The van der Waals surface area contributed by atoms with E-state index >= 15 is 0 Å². The predicted octanol–water partition coefficient (Wildman–Crippen LogP) is 1.54. The van der Waals surface area contributed by atoms with E-state index in [1.807, 2.05) is 0 Å². The molecule has 1 heterocycles. The molecule has 6 aliphatic rings. The molecule has 104 valence electrons. The van der Waals surface area contributed by atoms with E-state index in [1.165, 1.54) is 38.5 Å². The summed E-state index contributed by atoms with van der Waals surface area (Å²) in [5.74, 6) is 4.55. The average molecular weight is 260 g/mol. The largest absolute Gasteiger partial charge is 0.352 e. The van der Waals surface area contributed by atoms with Gasteiger partial charge in [-0.3, -0.25) is 4.79 Å². The van der Waals surface area contributed by atoms with Gasteiger partial charge in [-0.15, -0.1) is 0 Å². The van der Waals surface area contributed by atoms with E-state index < -0.39 is 0 Å². The smallest absolute Gasteiger partial charge is 0.226 e. The van der Waals surface area contributed by atoms with Crippen LogP contribution in [0.5, 0.6) is 0 Å². The van der Waals surface area contributed by atoms with Crippen LogP contribution in [0.25, 0.3) is 0 Å². The minimum atomic E-state index is 0.0546. The number of piperidine rings is 1. The number of fused-ring (bicyclic) bond motifs is 1. The molecule has 2 unspecified atom stereocenters. The Labute approximate surface area is 114 Å². The second-order valence-electron chi connectivity index (χ2n) is 8.18. The Hall–Kier alpha value is -0.570. The van der Waals surface area contributed by atoms with Crippen LogP contribution in [0.3, 0.4) is 0 Å². The van der Waals surface area contributed by atoms with E-state index in [9.17, 15) is 4.79 Å². The summed E-state index contributed by atoms with van der Waals surface area (Å²) in [5, 5.41) is 6.84. The monoisotopic (exact) mass is 260 g/mol. The first-order chi connectivity index (χ1) is 9.23. The van der Waals surface area contributed by atoms with Gasteiger partial charge in [-0.2, -0.15) is 0 Å². The molecule has 6 fully saturated rings. The SMILES string of the molecule is O=C(NC1C2CNCC21)C12CC3CC(CC(C3)C1)C2. The Kier molecular flexibility index (Phi) is 2.08. The van der Waals surface area contributed by atoms with Gasteiger partial charge in [-0.1, -0.05) is 0 Å². The van der Waals surface area contributed by atoms with E-state index in [1.54, 1.807) is 0 Å². The van der Waals surface area contributed by atoms with Crippen LogP contribution in [0.2, 0.25) is 0 Å². The van der Waals surface area contributed by atoms with Crippen molar-refractivity contribution in [1.29, 1.82) is 0 Å². The van der Waals surface area contributed by atoms with Crippen molar-refractivity contribution in [3.8, 4) is 0 Å². The van der Waals surface area contributed by atoms with Gasteiger partial charge < -0.3 is 10.6 Å². The summed E-state index contributed by atoms with van der Waals surface area (Å²) in [7, 11) is 0. The van der Waals surface area contributed by atoms with E-state index in [4.69, 9.17) is 0 Å². The van der Waals surface area contributed by atoms with Crippen LogP contribution >= 0.6 is 0 Å². The van der Waals surface area contributed by atoms with Crippen LogP contribution in [-0.2, 0) is 4.79 Å². The van der Waals surface area contributed by atoms with Gasteiger partial charge in [-0.05, 0) is 68.1 Å². The van der Waals surface area contributed by atoms with Gasteiger partial charge in [0.25, 0.3) is 0 Å². The molecule has 5 aliphatic carbocycles. The lowest BCUT2D eigenvalue weighted by atomic mass is 9.49. The van der Waals surface area contributed by atoms with Crippen LogP contribution in [0.15, 0.2) is 0 Å². The molecule has 6 rings (SSSR count). The predicted molar refractivity (Wildman–Crippen MR) is 72.4 cm³/mol. The Morgan fingerprint density at radius 2 is 1.47 bits per heavy atom. The minimum Gasteiger partial charge on any atom is -0.352 e. The first-order valence-electron chi connectivity index (χ1n) is 8.25. The summed E-state index contributed by atoms with van der Waals surface area (Å²) in [5.41, 5.74) is 0.0546. The summed E-state index contributed by atoms with van der Waals surface area (Å²) >= 11 is 0. The van der Waals surface area contributed by atoms with Gasteiger partial charge in [0.05, 0.1) is 0 Å². The standard InChI is InChI=1S/C16H24N2O/c19-15(18-14-12-7-17-8-13(12)14)16-4-9-1-10(5-16)3-11(2-9)6-16/h9-14,17H,1-8H2,(H,18,19). The van der Waals surface area contributed by atoms with Crippen molar-refractivity contribution in [3.63, 3.8) is 0 Å². The van der Waals surface area contributed by atoms with E-state index in [2.05, 4.69) is 10.6 Å². The highest BCUT2D eigenvalue weighted by Crippen LogP contribution is 2.60. The molecular formula is C16H24N2O. The van der Waals surface area contributed by atoms with Gasteiger partial charge in [0.15, 0.2) is 0 Å². The lowest BCUT2D eigenvalue weighted by Crippen LogP contribution is -2.54. The number of nitrogens with one attached hydrogen (secondary N) is 2. The van der Waals surface area contributed by atoms with E-state index in [0.29, 0.717) is 11.9 Å². The fourth-order valence-corrected chi connectivity index (χ4v) is 6.33. The average Bonchev–Trinajstić information content (AvgIpc) is 2.82. The zero-order valence-electron chi connectivity index (χ0n) is 11.5. The lowest BCUT2D eigenvalue weighted by molar-refractivity contribution is -0.146. The number of hydrogen-bond acceptors (Lipinski definition) is 2. The third-order valence-corrected chi connectivity index (χ3v) is 6.91. The van der Waals surface area contributed by atoms with Gasteiger partial charge in [0.2, 0.25) is 5.91 Å². The van der Waals surface area contributed by atoms with Crippen molar-refractivity contribution >= 4 is 5.91 Å². The van der Waals surface area contributed by atoms with Crippen molar-refractivity contribution in [2.45, 2.75) is 44.6 Å². The molecule has 0 spiro atoms. The Morgan fingerprint density at radius 1 is 0.947 bits per heavy atom. The summed E-state index contributed by atoms with van der Waals surface area (Å²) in [6.07, 6.45) is 7.86. The first-order valence-corrected chi connectivity index (χ1v) is 8.25. The van der Waals surface area contributed by atoms with Crippen molar-refractivity contribution in [3.05, 3.63) is 0 Å². The topological polar surface area (TPSA) is 41.1 Å². The molecule has 5 saturated carbocycles. The maximum atomic E-state index is 12.8. The highest BCUT2D eigenvalue weighted by Gasteiger charge is 2.58. The third kappa shape index (κ3) is 1.51. The van der Waals surface area contributed by atoms with Gasteiger partial charge in [0, 0.05) is 24.5 Å². The molecule has 3 nitrogen and oxygen atoms in total. The second kappa shape index (κ2) is 3.55. The summed E-state index contributed by atoms with van der Waals surface area (Å²) in [6, 6.07) is 0.516. The molecule has 1 amide bonds. The molecule has 2 atom stereocenters. The molecule has 0 radical (unpaired) electrons. The Bertz CT molecular complexity index is 387. The molecule has 2 N–H and O–H groups in total. The molecule has 0 aromatic heterocycles. The van der Waals surface area contributed by atoms with Gasteiger partial charge in [-0.25, -0.2) is 0 Å². The first kappa shape index (κ1) is 11.1. The molecule has 0 aromatic carbocycles. The van der Waals surface area contributed by atoms with Crippen LogP contribution in [0, 0.1) is 35.0 Å². The van der Waals surface area contributed by atoms with Gasteiger partial charge in [0.1, 0.15) is 0 Å². The highest BCUT2D eigenvalue weighted by atomic mass is 16.2. The Morgan fingerprint density at radius 3 is 2.00 bits per heavy atom. The zero-order valence-corrected chi connectivity index (χ0v) is 11.5. The molecule has 1 aliphatic heterocycles. The van der Waals surface area contributed by atoms with Crippen molar-refractivity contribution < 1.29 is 4.79 Å². The molecule has 0 aromatic rings. The molecule has 4 bridgehead atoms. The number of rotatable bonds is 2. The molecule has 3 heteroatoms. The fourth-order valence-electron chi connectivity index (χ4n) is 6.33. The second-order valence-corrected chi connectivity index (χ2v) is 8.18. The van der Waals surface area contributed by atoms with Crippen LogP contribution < -0.4 is 10.6 Å². The van der Waals surface area contributed by atoms with Crippen molar-refractivity contribution in [1.82, 2.24) is 10.6 Å². The Balaban J connectivity index is 1.33. The van der Waals surface area contributed by atoms with Crippen LogP contribution in [-0.4, -0.2) is 25.0 Å². The summed E-state index contributed by atoms with van der Waals surface area (Å²) in [6.45, 7) is 2.24. The van der Waals surface area contributed by atoms with E-state index in [-0.39, 0.29) is 5.41 Å². The minimum absolute atomic E-state index is 0.0546. The number of hydrogen-bond donors (Lipinski definition) is 2. The normalized spacial score (nSPS) is 57.1. The summed E-state index contributed by atoms with van der Waals surface area (Å²) < 4.78 is 0. The fraction of sp³-hybridized carbons (Fsp3) is 0.938. The number of carbonyl (C=O) groups excluding carboxylic acids is 1. The maximum absolute atomic E-state index is 12.8. The quantitative estimate of drug-likeness (QED) is 0.790. The van der Waals surface area contributed by atoms with Crippen molar-refractivity contribution in [2.75, 3.05) is 13.1 Å². The highest BCUT2D eigenvalue weighted by molar-refractivity contribution is 5.84. The number of carbonyl (C=O) groups is 1. The molecular weight excluding hydrogens is 236 g/mol. The van der Waals surface area contributed by atoms with Crippen molar-refractivity contribution in [2.24, 2.45) is 35.0 Å². The van der Waals surface area contributed by atoms with E-state index in [0.717, 1.165) is 42.7 Å². The number of amides is 1. The zero-order chi connectivity index (χ0) is 12.6. The van der Waals surface area contributed by atoms with Crippen LogP contribution in [0.4, 0.5) is 0 Å². The third-order valence-electron chi connectivity index (χ3n) is 6.91. The van der Waals surface area contributed by atoms with Gasteiger partial charge >= 0.3 is 0 Å². The molecule has 1 saturated heterocycles. The summed E-state index contributed by atoms with van der Waals surface area (Å²) in [4.78, 5) is 12.8. The lowest BCUT2D eigenvalue weighted by Gasteiger charge is -2.55.